The van der Waals surface area contributed by atoms with E-state index in [9.17, 15) is 4.79 Å². The number of fused-ring (bicyclic) bond motifs is 1. The summed E-state index contributed by atoms with van der Waals surface area (Å²) in [6.07, 6.45) is 3.81. The van der Waals surface area contributed by atoms with Crippen LogP contribution in [0.3, 0.4) is 0 Å². The highest BCUT2D eigenvalue weighted by molar-refractivity contribution is 7.18. The molecule has 0 aliphatic carbocycles. The van der Waals surface area contributed by atoms with Crippen LogP contribution in [0.2, 0.25) is 0 Å². The summed E-state index contributed by atoms with van der Waals surface area (Å²) in [5.41, 5.74) is 1.04. The van der Waals surface area contributed by atoms with Crippen molar-refractivity contribution in [2.45, 2.75) is 25.3 Å². The molecular weight excluding hydrogens is 334 g/mol. The van der Waals surface area contributed by atoms with Crippen LogP contribution in [-0.4, -0.2) is 36.4 Å². The number of rotatable bonds is 8. The van der Waals surface area contributed by atoms with Crippen molar-refractivity contribution >= 4 is 27.5 Å². The van der Waals surface area contributed by atoms with Gasteiger partial charge in [-0.25, -0.2) is 4.98 Å². The van der Waals surface area contributed by atoms with Crippen molar-refractivity contribution in [1.29, 1.82) is 0 Å². The number of aryl methyl sites for hydroxylation is 1. The normalized spacial score (nSPS) is 12.6. The molecule has 0 fully saturated rings. The Morgan fingerprint density at radius 1 is 1.28 bits per heavy atom. The summed E-state index contributed by atoms with van der Waals surface area (Å²) in [4.78, 5) is 18.8. The highest BCUT2D eigenvalue weighted by Gasteiger charge is 2.17. The molecule has 0 bridgehead atoms. The summed E-state index contributed by atoms with van der Waals surface area (Å²) in [6, 6.07) is 12.0. The van der Waals surface area contributed by atoms with Crippen molar-refractivity contribution in [3.05, 3.63) is 53.4 Å². The van der Waals surface area contributed by atoms with Crippen LogP contribution >= 0.6 is 11.3 Å². The van der Waals surface area contributed by atoms with Crippen LogP contribution in [0.15, 0.2) is 47.1 Å². The van der Waals surface area contributed by atoms with Gasteiger partial charge in [0.15, 0.2) is 0 Å². The van der Waals surface area contributed by atoms with E-state index in [4.69, 9.17) is 4.42 Å². The van der Waals surface area contributed by atoms with Gasteiger partial charge in [0.2, 0.25) is 5.91 Å². The molecule has 0 saturated heterocycles. The van der Waals surface area contributed by atoms with E-state index in [0.717, 1.165) is 29.1 Å². The van der Waals surface area contributed by atoms with E-state index in [-0.39, 0.29) is 11.9 Å². The van der Waals surface area contributed by atoms with Crippen molar-refractivity contribution in [3.63, 3.8) is 0 Å². The SMILES string of the molecule is CN(C)C(CNC(=O)CCCc1nc2ccccc2s1)c1ccco1. The second-order valence-electron chi connectivity index (χ2n) is 6.23. The summed E-state index contributed by atoms with van der Waals surface area (Å²) in [5.74, 6) is 0.930. The quantitative estimate of drug-likeness (QED) is 0.669. The van der Waals surface area contributed by atoms with Crippen LogP contribution in [0.4, 0.5) is 0 Å². The molecule has 2 aromatic heterocycles. The molecule has 3 aromatic rings. The molecule has 25 heavy (non-hydrogen) atoms. The minimum absolute atomic E-state index is 0.0446. The minimum atomic E-state index is 0.0446. The number of nitrogens with zero attached hydrogens (tertiary/aromatic N) is 2. The van der Waals surface area contributed by atoms with Gasteiger partial charge in [-0.3, -0.25) is 9.69 Å². The van der Waals surface area contributed by atoms with E-state index >= 15 is 0 Å². The third-order valence-corrected chi connectivity index (χ3v) is 5.22. The highest BCUT2D eigenvalue weighted by atomic mass is 32.1. The van der Waals surface area contributed by atoms with Gasteiger partial charge in [0.05, 0.1) is 27.5 Å². The van der Waals surface area contributed by atoms with Gasteiger partial charge in [0.25, 0.3) is 0 Å². The van der Waals surface area contributed by atoms with E-state index in [2.05, 4.69) is 16.4 Å². The van der Waals surface area contributed by atoms with E-state index in [1.165, 1.54) is 4.70 Å². The number of para-hydroxylation sites is 1. The van der Waals surface area contributed by atoms with Crippen LogP contribution in [0.25, 0.3) is 10.2 Å². The first-order valence-corrected chi connectivity index (χ1v) is 9.26. The lowest BCUT2D eigenvalue weighted by atomic mass is 10.2. The van der Waals surface area contributed by atoms with Crippen molar-refractivity contribution in [3.8, 4) is 0 Å². The fourth-order valence-corrected chi connectivity index (χ4v) is 3.75. The predicted molar refractivity (Wildman–Crippen MR) is 101 cm³/mol. The van der Waals surface area contributed by atoms with E-state index < -0.39 is 0 Å². The van der Waals surface area contributed by atoms with Gasteiger partial charge in [-0.1, -0.05) is 12.1 Å². The molecule has 2 heterocycles. The predicted octanol–water partition coefficient (Wildman–Crippen LogP) is 3.63. The third-order valence-electron chi connectivity index (χ3n) is 4.12. The number of carbonyl (C=O) groups is 1. The molecule has 0 saturated carbocycles. The summed E-state index contributed by atoms with van der Waals surface area (Å²) in [6.45, 7) is 0.542. The summed E-state index contributed by atoms with van der Waals surface area (Å²) < 4.78 is 6.66. The maximum atomic E-state index is 12.1. The van der Waals surface area contributed by atoms with Crippen molar-refractivity contribution in [2.24, 2.45) is 0 Å². The fourth-order valence-electron chi connectivity index (χ4n) is 2.74. The topological polar surface area (TPSA) is 58.4 Å². The molecule has 1 N–H and O–H groups in total. The van der Waals surface area contributed by atoms with Crippen LogP contribution in [0.1, 0.15) is 29.7 Å². The lowest BCUT2D eigenvalue weighted by Crippen LogP contribution is -2.34. The molecule has 1 atom stereocenters. The first-order chi connectivity index (χ1) is 12.1. The van der Waals surface area contributed by atoms with Gasteiger partial charge in [0, 0.05) is 13.0 Å². The second-order valence-corrected chi connectivity index (χ2v) is 7.34. The Labute approximate surface area is 151 Å². The Kier molecular flexibility index (Phi) is 5.83. The second kappa shape index (κ2) is 8.27. The number of benzene rings is 1. The Morgan fingerprint density at radius 3 is 2.84 bits per heavy atom. The smallest absolute Gasteiger partial charge is 0.220 e. The van der Waals surface area contributed by atoms with E-state index in [0.29, 0.717) is 13.0 Å². The summed E-state index contributed by atoms with van der Waals surface area (Å²) in [7, 11) is 3.96. The molecule has 1 aromatic carbocycles. The Balaban J connectivity index is 1.44. The zero-order valence-electron chi connectivity index (χ0n) is 14.6. The molecule has 6 heteroatoms. The average molecular weight is 357 g/mol. The molecule has 3 rings (SSSR count). The van der Waals surface area contributed by atoms with E-state index in [1.54, 1.807) is 17.6 Å². The molecule has 132 valence electrons. The number of hydrogen-bond acceptors (Lipinski definition) is 5. The number of thiazole rings is 1. The number of furan rings is 1. The van der Waals surface area contributed by atoms with Crippen molar-refractivity contribution in [2.75, 3.05) is 20.6 Å². The molecule has 1 amide bonds. The molecule has 0 aliphatic heterocycles. The Bertz CT molecular complexity index is 778. The van der Waals surface area contributed by atoms with Gasteiger partial charge in [-0.2, -0.15) is 0 Å². The zero-order chi connectivity index (χ0) is 17.6. The fraction of sp³-hybridized carbons (Fsp3) is 0.368. The van der Waals surface area contributed by atoms with Gasteiger partial charge in [-0.15, -0.1) is 11.3 Å². The van der Waals surface area contributed by atoms with E-state index in [1.807, 2.05) is 49.3 Å². The maximum absolute atomic E-state index is 12.1. The van der Waals surface area contributed by atoms with Gasteiger partial charge in [-0.05, 0) is 51.2 Å². The van der Waals surface area contributed by atoms with Crippen LogP contribution in [0, 0.1) is 0 Å². The number of carbonyl (C=O) groups excluding carboxylic acids is 1. The van der Waals surface area contributed by atoms with Crippen molar-refractivity contribution < 1.29 is 9.21 Å². The van der Waals surface area contributed by atoms with Crippen LogP contribution < -0.4 is 5.32 Å². The monoisotopic (exact) mass is 357 g/mol. The lowest BCUT2D eigenvalue weighted by Gasteiger charge is -2.22. The largest absolute Gasteiger partial charge is 0.468 e. The molecule has 5 nitrogen and oxygen atoms in total. The standard InChI is InChI=1S/C19H23N3O2S/c1-22(2)15(16-8-6-12-24-16)13-20-18(23)10-5-11-19-21-14-7-3-4-9-17(14)25-19/h3-4,6-9,12,15H,5,10-11,13H2,1-2H3,(H,20,23). The molecule has 0 spiro atoms. The van der Waals surface area contributed by atoms with Gasteiger partial charge in [0.1, 0.15) is 5.76 Å². The molecule has 1 unspecified atom stereocenters. The van der Waals surface area contributed by atoms with Crippen LogP contribution in [-0.2, 0) is 11.2 Å². The lowest BCUT2D eigenvalue weighted by molar-refractivity contribution is -0.121. The zero-order valence-corrected chi connectivity index (χ0v) is 15.4. The number of nitrogens with one attached hydrogen (secondary N) is 1. The van der Waals surface area contributed by atoms with Gasteiger partial charge < -0.3 is 9.73 Å². The number of hydrogen-bond donors (Lipinski definition) is 1. The number of likely N-dealkylation sites (N-methyl/N-ethyl adjacent to an activating group) is 1. The first-order valence-electron chi connectivity index (χ1n) is 8.44. The Morgan fingerprint density at radius 2 is 2.12 bits per heavy atom. The maximum Gasteiger partial charge on any atom is 0.220 e. The minimum Gasteiger partial charge on any atom is -0.468 e. The van der Waals surface area contributed by atoms with Crippen molar-refractivity contribution in [1.82, 2.24) is 15.2 Å². The first kappa shape index (κ1) is 17.6. The highest BCUT2D eigenvalue weighted by Crippen LogP contribution is 2.22. The summed E-state index contributed by atoms with van der Waals surface area (Å²) in [5, 5.41) is 4.10. The Hall–Kier alpha value is -2.18. The number of aromatic nitrogens is 1. The van der Waals surface area contributed by atoms with Gasteiger partial charge >= 0.3 is 0 Å². The molecule has 0 radical (unpaired) electrons. The third kappa shape index (κ3) is 4.67. The van der Waals surface area contributed by atoms with Crippen LogP contribution in [0.5, 0.6) is 0 Å². The summed E-state index contributed by atoms with van der Waals surface area (Å²) >= 11 is 1.71. The molecular formula is C19H23N3O2S. The number of amides is 1. The molecule has 0 aliphatic rings. The average Bonchev–Trinajstić information content (AvgIpc) is 3.23.